The van der Waals surface area contributed by atoms with Gasteiger partial charge in [-0.3, -0.25) is 19.3 Å². The number of ether oxygens (including phenoxy) is 1. The van der Waals surface area contributed by atoms with Gasteiger partial charge in [0.05, 0.1) is 0 Å². The second-order valence-corrected chi connectivity index (χ2v) is 14.2. The van der Waals surface area contributed by atoms with E-state index in [1.807, 2.05) is 12.1 Å². The van der Waals surface area contributed by atoms with Crippen molar-refractivity contribution in [1.82, 2.24) is 9.80 Å². The number of amides is 3. The fraction of sp³-hybridized carbons (Fsp3) is 0.476. The van der Waals surface area contributed by atoms with Crippen LogP contribution in [-0.2, 0) is 20.9 Å². The fourth-order valence-corrected chi connectivity index (χ4v) is 4.28. The Labute approximate surface area is 167 Å². The first-order valence-electron chi connectivity index (χ1n) is 9.69. The van der Waals surface area contributed by atoms with Gasteiger partial charge < -0.3 is 9.64 Å². The zero-order valence-electron chi connectivity index (χ0n) is 16.9. The fourth-order valence-electron chi connectivity index (χ4n) is 3.52. The molecule has 0 radical (unpaired) electrons. The molecule has 3 amide bonds. The number of benzene rings is 1. The second-order valence-electron chi connectivity index (χ2n) is 8.62. The molecule has 2 aliphatic heterocycles. The van der Waals surface area contributed by atoms with Gasteiger partial charge in [0.15, 0.2) is 0 Å². The maximum atomic E-state index is 13.0. The minimum absolute atomic E-state index is 0.0335. The first-order valence-corrected chi connectivity index (χ1v) is 13.4. The summed E-state index contributed by atoms with van der Waals surface area (Å²) < 4.78 is 5.62. The molecule has 0 N–H and O–H groups in total. The van der Waals surface area contributed by atoms with Crippen LogP contribution in [0.4, 0.5) is 0 Å². The number of hydrogen-bond donors (Lipinski definition) is 0. The van der Waals surface area contributed by atoms with Crippen molar-refractivity contribution >= 4 is 31.9 Å². The molecule has 1 aromatic carbocycles. The number of piperidine rings is 1. The molecule has 0 aromatic heterocycles. The maximum absolute atomic E-state index is 13.0. The van der Waals surface area contributed by atoms with Crippen LogP contribution in [0.25, 0.3) is 6.08 Å². The zero-order chi connectivity index (χ0) is 20.5. The Morgan fingerprint density at radius 3 is 2.68 bits per heavy atom. The van der Waals surface area contributed by atoms with Gasteiger partial charge in [-0.1, -0.05) is 38.4 Å². The second kappa shape index (κ2) is 8.01. The van der Waals surface area contributed by atoms with Crippen molar-refractivity contribution in [2.75, 3.05) is 13.3 Å². The summed E-state index contributed by atoms with van der Waals surface area (Å²) in [4.78, 5) is 40.8. The van der Waals surface area contributed by atoms with E-state index in [2.05, 4.69) is 26.2 Å². The SMILES string of the molecule is C=Cc1ccc2c(c1)CN(C1CCC(=O)N(COCC[Si](C)(C)C)C1=O)C2=O. The van der Waals surface area contributed by atoms with Gasteiger partial charge in [0.1, 0.15) is 12.8 Å². The van der Waals surface area contributed by atoms with E-state index in [0.717, 1.165) is 17.2 Å². The molecule has 1 fully saturated rings. The Balaban J connectivity index is 1.68. The normalized spacial score (nSPS) is 20.0. The number of nitrogens with zero attached hydrogens (tertiary/aromatic N) is 2. The summed E-state index contributed by atoms with van der Waals surface area (Å²) in [6.07, 6.45) is 2.33. The average molecular weight is 401 g/mol. The van der Waals surface area contributed by atoms with Crippen LogP contribution in [0, 0.1) is 0 Å². The highest BCUT2D eigenvalue weighted by molar-refractivity contribution is 6.76. The van der Waals surface area contributed by atoms with Crippen molar-refractivity contribution in [2.45, 2.75) is 51.1 Å². The van der Waals surface area contributed by atoms with Crippen LogP contribution in [0.2, 0.25) is 25.7 Å². The Morgan fingerprint density at radius 1 is 1.25 bits per heavy atom. The molecule has 6 nitrogen and oxygen atoms in total. The molecule has 7 heteroatoms. The van der Waals surface area contributed by atoms with Gasteiger partial charge in [0.25, 0.3) is 11.8 Å². The lowest BCUT2D eigenvalue weighted by Gasteiger charge is -2.35. The van der Waals surface area contributed by atoms with Gasteiger partial charge in [-0.15, -0.1) is 0 Å². The molecule has 2 aliphatic rings. The molecule has 0 saturated carbocycles. The summed E-state index contributed by atoms with van der Waals surface area (Å²) in [5.74, 6) is -0.723. The van der Waals surface area contributed by atoms with E-state index in [0.29, 0.717) is 25.1 Å². The summed E-state index contributed by atoms with van der Waals surface area (Å²) in [5.41, 5.74) is 2.45. The highest BCUT2D eigenvalue weighted by Gasteiger charge is 2.42. The Kier molecular flexibility index (Phi) is 5.86. The predicted octanol–water partition coefficient (Wildman–Crippen LogP) is 3.12. The van der Waals surface area contributed by atoms with E-state index in [1.54, 1.807) is 17.0 Å². The van der Waals surface area contributed by atoms with Gasteiger partial charge >= 0.3 is 0 Å². The zero-order valence-corrected chi connectivity index (χ0v) is 17.9. The van der Waals surface area contributed by atoms with Crippen molar-refractivity contribution in [3.8, 4) is 0 Å². The van der Waals surface area contributed by atoms with Gasteiger partial charge in [-0.2, -0.15) is 0 Å². The number of likely N-dealkylation sites (tertiary alicyclic amines) is 1. The molecule has 28 heavy (non-hydrogen) atoms. The topological polar surface area (TPSA) is 66.9 Å². The lowest BCUT2D eigenvalue weighted by atomic mass is 10.0. The van der Waals surface area contributed by atoms with E-state index in [1.165, 1.54) is 4.90 Å². The van der Waals surface area contributed by atoms with Crippen LogP contribution in [0.1, 0.15) is 34.3 Å². The van der Waals surface area contributed by atoms with E-state index in [4.69, 9.17) is 4.74 Å². The van der Waals surface area contributed by atoms with Crippen molar-refractivity contribution in [3.05, 3.63) is 41.5 Å². The van der Waals surface area contributed by atoms with Gasteiger partial charge in [0.2, 0.25) is 5.91 Å². The molecule has 1 unspecified atom stereocenters. The lowest BCUT2D eigenvalue weighted by Crippen LogP contribution is -2.55. The van der Waals surface area contributed by atoms with E-state index in [9.17, 15) is 14.4 Å². The highest BCUT2D eigenvalue weighted by atomic mass is 28.3. The number of rotatable bonds is 7. The third-order valence-corrected chi connectivity index (χ3v) is 6.98. The molecule has 2 heterocycles. The number of fused-ring (bicyclic) bond motifs is 1. The molecule has 1 aromatic rings. The first-order chi connectivity index (χ1) is 13.2. The van der Waals surface area contributed by atoms with E-state index >= 15 is 0 Å². The smallest absolute Gasteiger partial charge is 0.255 e. The number of carbonyl (C=O) groups is 3. The quantitative estimate of drug-likeness (QED) is 0.401. The summed E-state index contributed by atoms with van der Waals surface area (Å²) >= 11 is 0. The van der Waals surface area contributed by atoms with Crippen LogP contribution < -0.4 is 0 Å². The monoisotopic (exact) mass is 400 g/mol. The van der Waals surface area contributed by atoms with Crippen molar-refractivity contribution in [3.63, 3.8) is 0 Å². The van der Waals surface area contributed by atoms with Gasteiger partial charge in [0, 0.05) is 33.2 Å². The van der Waals surface area contributed by atoms with Crippen LogP contribution in [0.3, 0.4) is 0 Å². The standard InChI is InChI=1S/C21H28N2O4Si/c1-5-15-6-7-17-16(12-15)13-22(20(17)25)18-8-9-19(24)23(21(18)26)14-27-10-11-28(2,3)4/h5-7,12,18H,1,8-11,13-14H2,2-4H3. The van der Waals surface area contributed by atoms with Crippen molar-refractivity contribution < 1.29 is 19.1 Å². The molecule has 1 atom stereocenters. The van der Waals surface area contributed by atoms with Crippen LogP contribution >= 0.6 is 0 Å². The summed E-state index contributed by atoms with van der Waals surface area (Å²) in [6.45, 7) is 11.4. The third kappa shape index (κ3) is 4.25. The number of carbonyl (C=O) groups excluding carboxylic acids is 3. The molecule has 0 aliphatic carbocycles. The molecule has 0 spiro atoms. The largest absolute Gasteiger partial charge is 0.361 e. The Morgan fingerprint density at radius 2 is 2.00 bits per heavy atom. The van der Waals surface area contributed by atoms with Crippen LogP contribution in [0.5, 0.6) is 0 Å². The van der Waals surface area contributed by atoms with Crippen LogP contribution in [-0.4, -0.2) is 55.0 Å². The lowest BCUT2D eigenvalue weighted by molar-refractivity contribution is -0.158. The van der Waals surface area contributed by atoms with Gasteiger partial charge in [-0.05, 0) is 35.7 Å². The molecular formula is C21H28N2O4Si. The predicted molar refractivity (Wildman–Crippen MR) is 110 cm³/mol. The number of imide groups is 1. The molecule has 3 rings (SSSR count). The van der Waals surface area contributed by atoms with Crippen molar-refractivity contribution in [2.24, 2.45) is 0 Å². The minimum Gasteiger partial charge on any atom is -0.361 e. The minimum atomic E-state index is -1.24. The maximum Gasteiger partial charge on any atom is 0.255 e. The molecule has 1 saturated heterocycles. The van der Waals surface area contributed by atoms with Crippen LogP contribution in [0.15, 0.2) is 24.8 Å². The first kappa shape index (κ1) is 20.5. The Hall–Kier alpha value is -2.25. The highest BCUT2D eigenvalue weighted by Crippen LogP contribution is 2.30. The molecule has 0 bridgehead atoms. The van der Waals surface area contributed by atoms with E-state index in [-0.39, 0.29) is 30.9 Å². The summed E-state index contributed by atoms with van der Waals surface area (Å²) in [5, 5.41) is 0. The van der Waals surface area contributed by atoms with E-state index < -0.39 is 14.1 Å². The van der Waals surface area contributed by atoms with Gasteiger partial charge in [-0.25, -0.2) is 0 Å². The summed E-state index contributed by atoms with van der Waals surface area (Å²) in [6, 6.07) is 5.90. The average Bonchev–Trinajstić information content (AvgIpc) is 2.96. The number of hydrogen-bond acceptors (Lipinski definition) is 4. The third-order valence-electron chi connectivity index (χ3n) is 5.27. The summed E-state index contributed by atoms with van der Waals surface area (Å²) in [7, 11) is -1.24. The van der Waals surface area contributed by atoms with Crippen molar-refractivity contribution in [1.29, 1.82) is 0 Å². The Bertz CT molecular complexity index is 815. The molecular weight excluding hydrogens is 372 g/mol. The molecule has 150 valence electrons.